The fraction of sp³-hybridized carbons (Fsp3) is 0.364. The Morgan fingerprint density at radius 2 is 1.76 bits per heavy atom. The lowest BCUT2D eigenvalue weighted by Gasteiger charge is -2.30. The Labute approximate surface area is 187 Å². The van der Waals surface area contributed by atoms with E-state index in [1.165, 1.54) is 11.8 Å². The summed E-state index contributed by atoms with van der Waals surface area (Å²) in [6.07, 6.45) is 0.542. The zero-order valence-corrected chi connectivity index (χ0v) is 19.0. The molecule has 1 N–H and O–H groups in total. The summed E-state index contributed by atoms with van der Waals surface area (Å²) in [5.41, 5.74) is 1.92. The van der Waals surface area contributed by atoms with Crippen molar-refractivity contribution in [2.24, 2.45) is 0 Å². The van der Waals surface area contributed by atoms with Crippen molar-refractivity contribution in [2.45, 2.75) is 38.6 Å². The number of likely N-dealkylation sites (N-methyl/N-ethyl adjacent to an activating group) is 1. The standard InChI is InChI=1S/C22H26Cl2N2O2S/c1-3-20(22(28)25-4-2)26(13-16-9-11-18(23)12-10-16)21(27)15-29-14-17-7-5-6-8-19(17)24/h5-12,20H,3-4,13-15H2,1-2H3,(H,25,28)/t20-/m1/s1. The topological polar surface area (TPSA) is 49.4 Å². The molecule has 29 heavy (non-hydrogen) atoms. The molecule has 2 aromatic carbocycles. The average molecular weight is 453 g/mol. The first-order valence-corrected chi connectivity index (χ1v) is 11.5. The molecule has 0 saturated carbocycles. The van der Waals surface area contributed by atoms with Crippen LogP contribution in [0, 0.1) is 0 Å². The van der Waals surface area contributed by atoms with E-state index in [1.54, 1.807) is 17.0 Å². The quantitative estimate of drug-likeness (QED) is 0.540. The lowest BCUT2D eigenvalue weighted by Crippen LogP contribution is -2.49. The van der Waals surface area contributed by atoms with Gasteiger partial charge >= 0.3 is 0 Å². The smallest absolute Gasteiger partial charge is 0.242 e. The lowest BCUT2D eigenvalue weighted by molar-refractivity contribution is -0.139. The third-order valence-electron chi connectivity index (χ3n) is 4.44. The Kier molecular flexibility index (Phi) is 9.85. The molecule has 2 amide bonds. The summed E-state index contributed by atoms with van der Waals surface area (Å²) >= 11 is 13.7. The Hall–Kier alpha value is -1.69. The minimum absolute atomic E-state index is 0.0740. The van der Waals surface area contributed by atoms with Crippen molar-refractivity contribution < 1.29 is 9.59 Å². The summed E-state index contributed by atoms with van der Waals surface area (Å²) in [6.45, 7) is 4.67. The predicted octanol–water partition coefficient (Wildman–Crippen LogP) is 5.17. The van der Waals surface area contributed by atoms with E-state index in [-0.39, 0.29) is 17.6 Å². The summed E-state index contributed by atoms with van der Waals surface area (Å²) in [4.78, 5) is 27.3. The van der Waals surface area contributed by atoms with Crippen molar-refractivity contribution >= 4 is 46.8 Å². The molecule has 0 aliphatic carbocycles. The summed E-state index contributed by atoms with van der Waals surface area (Å²) in [5, 5.41) is 4.17. The summed E-state index contributed by atoms with van der Waals surface area (Å²) < 4.78 is 0. The monoisotopic (exact) mass is 452 g/mol. The van der Waals surface area contributed by atoms with Crippen LogP contribution >= 0.6 is 35.0 Å². The van der Waals surface area contributed by atoms with Gasteiger partial charge in [0.2, 0.25) is 11.8 Å². The van der Waals surface area contributed by atoms with Gasteiger partial charge in [-0.25, -0.2) is 0 Å². The van der Waals surface area contributed by atoms with Gasteiger partial charge in [0.15, 0.2) is 0 Å². The van der Waals surface area contributed by atoms with Crippen LogP contribution in [-0.2, 0) is 21.9 Å². The van der Waals surface area contributed by atoms with E-state index in [9.17, 15) is 9.59 Å². The van der Waals surface area contributed by atoms with Gasteiger partial charge in [-0.2, -0.15) is 0 Å². The minimum atomic E-state index is -0.515. The van der Waals surface area contributed by atoms with Gasteiger partial charge in [0, 0.05) is 28.9 Å². The van der Waals surface area contributed by atoms with Crippen molar-refractivity contribution in [1.82, 2.24) is 10.2 Å². The molecule has 0 unspecified atom stereocenters. The lowest BCUT2D eigenvalue weighted by atomic mass is 10.1. The Balaban J connectivity index is 2.11. The zero-order chi connectivity index (χ0) is 21.2. The van der Waals surface area contributed by atoms with Crippen LogP contribution in [-0.4, -0.2) is 35.1 Å². The molecule has 0 fully saturated rings. The van der Waals surface area contributed by atoms with Crippen LogP contribution in [0.1, 0.15) is 31.4 Å². The normalized spacial score (nSPS) is 11.7. The number of thioether (sulfide) groups is 1. The van der Waals surface area contributed by atoms with Gasteiger partial charge in [0.05, 0.1) is 5.75 Å². The largest absolute Gasteiger partial charge is 0.355 e. The average Bonchev–Trinajstić information content (AvgIpc) is 2.71. The minimum Gasteiger partial charge on any atom is -0.355 e. The number of nitrogens with zero attached hydrogens (tertiary/aromatic N) is 1. The van der Waals surface area contributed by atoms with Crippen molar-refractivity contribution in [2.75, 3.05) is 12.3 Å². The first kappa shape index (κ1) is 23.6. The molecular weight excluding hydrogens is 427 g/mol. The van der Waals surface area contributed by atoms with Gasteiger partial charge in [0.1, 0.15) is 6.04 Å². The Bertz CT molecular complexity index is 815. The van der Waals surface area contributed by atoms with Crippen molar-refractivity contribution in [3.63, 3.8) is 0 Å². The molecule has 4 nitrogen and oxygen atoms in total. The highest BCUT2D eigenvalue weighted by Crippen LogP contribution is 2.22. The molecule has 0 aliphatic rings. The van der Waals surface area contributed by atoms with E-state index in [2.05, 4.69) is 5.32 Å². The molecule has 1 atom stereocenters. The van der Waals surface area contributed by atoms with Crippen molar-refractivity contribution in [3.8, 4) is 0 Å². The van der Waals surface area contributed by atoms with E-state index in [0.29, 0.717) is 35.3 Å². The van der Waals surface area contributed by atoms with Crippen LogP contribution < -0.4 is 5.32 Å². The van der Waals surface area contributed by atoms with Crippen LogP contribution in [0.2, 0.25) is 10.0 Å². The number of benzene rings is 2. The number of amides is 2. The molecule has 0 spiro atoms. The molecule has 0 aliphatic heterocycles. The second kappa shape index (κ2) is 12.1. The highest BCUT2D eigenvalue weighted by Gasteiger charge is 2.28. The number of hydrogen-bond donors (Lipinski definition) is 1. The van der Waals surface area contributed by atoms with E-state index >= 15 is 0 Å². The maximum atomic E-state index is 13.1. The predicted molar refractivity (Wildman–Crippen MR) is 122 cm³/mol. The van der Waals surface area contributed by atoms with Gasteiger partial charge in [-0.05, 0) is 42.7 Å². The molecular formula is C22H26Cl2N2O2S. The van der Waals surface area contributed by atoms with Crippen LogP contribution in [0.5, 0.6) is 0 Å². The van der Waals surface area contributed by atoms with Gasteiger partial charge in [-0.1, -0.05) is 60.5 Å². The third-order valence-corrected chi connectivity index (χ3v) is 6.03. The number of nitrogens with one attached hydrogen (secondary N) is 1. The number of hydrogen-bond acceptors (Lipinski definition) is 3. The first-order chi connectivity index (χ1) is 14.0. The third kappa shape index (κ3) is 7.25. The first-order valence-electron chi connectivity index (χ1n) is 9.59. The SMILES string of the molecule is CCNC(=O)[C@@H](CC)N(Cc1ccc(Cl)cc1)C(=O)CSCc1ccccc1Cl. The zero-order valence-electron chi connectivity index (χ0n) is 16.7. The second-order valence-corrected chi connectivity index (χ2v) is 8.38. The molecule has 0 aromatic heterocycles. The van der Waals surface area contributed by atoms with Crippen LogP contribution in [0.4, 0.5) is 0 Å². The van der Waals surface area contributed by atoms with E-state index in [1.807, 2.05) is 50.2 Å². The maximum Gasteiger partial charge on any atom is 0.242 e. The Morgan fingerprint density at radius 1 is 1.07 bits per heavy atom. The van der Waals surface area contributed by atoms with Gasteiger partial charge in [-0.3, -0.25) is 9.59 Å². The highest BCUT2D eigenvalue weighted by atomic mass is 35.5. The van der Waals surface area contributed by atoms with E-state index in [4.69, 9.17) is 23.2 Å². The number of rotatable bonds is 10. The fourth-order valence-electron chi connectivity index (χ4n) is 2.94. The molecule has 156 valence electrons. The molecule has 2 aromatic rings. The molecule has 0 heterocycles. The van der Waals surface area contributed by atoms with E-state index in [0.717, 1.165) is 11.1 Å². The van der Waals surface area contributed by atoms with Crippen LogP contribution in [0.25, 0.3) is 0 Å². The van der Waals surface area contributed by atoms with Gasteiger partial charge < -0.3 is 10.2 Å². The molecule has 0 saturated heterocycles. The van der Waals surface area contributed by atoms with Crippen LogP contribution in [0.3, 0.4) is 0 Å². The van der Waals surface area contributed by atoms with Crippen molar-refractivity contribution in [3.05, 3.63) is 69.7 Å². The van der Waals surface area contributed by atoms with Crippen molar-refractivity contribution in [1.29, 1.82) is 0 Å². The summed E-state index contributed by atoms with van der Waals surface area (Å²) in [5.74, 6) is 0.705. The number of halogens is 2. The molecule has 0 radical (unpaired) electrons. The highest BCUT2D eigenvalue weighted by molar-refractivity contribution is 7.99. The molecule has 2 rings (SSSR count). The molecule has 0 bridgehead atoms. The van der Waals surface area contributed by atoms with Gasteiger partial charge in [0.25, 0.3) is 0 Å². The van der Waals surface area contributed by atoms with E-state index < -0.39 is 6.04 Å². The maximum absolute atomic E-state index is 13.1. The number of carbonyl (C=O) groups excluding carboxylic acids is 2. The Morgan fingerprint density at radius 3 is 2.38 bits per heavy atom. The summed E-state index contributed by atoms with van der Waals surface area (Å²) in [6, 6.07) is 14.4. The second-order valence-electron chi connectivity index (χ2n) is 6.55. The molecule has 7 heteroatoms. The summed E-state index contributed by atoms with van der Waals surface area (Å²) in [7, 11) is 0. The fourth-order valence-corrected chi connectivity index (χ4v) is 4.27. The van der Waals surface area contributed by atoms with Gasteiger partial charge in [-0.15, -0.1) is 11.8 Å². The number of carbonyl (C=O) groups is 2. The van der Waals surface area contributed by atoms with Crippen LogP contribution in [0.15, 0.2) is 48.5 Å².